The van der Waals surface area contributed by atoms with Crippen LogP contribution < -0.4 is 5.32 Å². The summed E-state index contributed by atoms with van der Waals surface area (Å²) < 4.78 is 29.3. The van der Waals surface area contributed by atoms with Gasteiger partial charge in [-0.3, -0.25) is 4.79 Å². The molecular weight excluding hydrogens is 389 g/mol. The van der Waals surface area contributed by atoms with Gasteiger partial charge in [-0.15, -0.1) is 0 Å². The Labute approximate surface area is 174 Å². The minimum atomic E-state index is -0.720. The zero-order valence-electron chi connectivity index (χ0n) is 16.9. The van der Waals surface area contributed by atoms with Crippen LogP contribution in [0.25, 0.3) is 11.0 Å². The van der Waals surface area contributed by atoms with Crippen molar-refractivity contribution in [1.29, 1.82) is 0 Å². The molecule has 6 nitrogen and oxygen atoms in total. The lowest BCUT2D eigenvalue weighted by Crippen LogP contribution is -2.30. The Morgan fingerprint density at radius 2 is 1.83 bits per heavy atom. The molecule has 0 aliphatic rings. The fourth-order valence-electron chi connectivity index (χ4n) is 2.90. The summed E-state index contributed by atoms with van der Waals surface area (Å²) in [5.74, 6) is -1.42. The number of amides is 1. The average molecular weight is 413 g/mol. The number of para-hydroxylation sites is 1. The number of nitrogens with one attached hydrogen (secondary N) is 1. The molecule has 30 heavy (non-hydrogen) atoms. The number of carbonyl (C=O) groups is 2. The number of ether oxygens (including phenoxy) is 2. The number of rotatable bonds is 9. The molecule has 0 radical (unpaired) electrons. The highest BCUT2D eigenvalue weighted by molar-refractivity contribution is 5.96. The Balaban J connectivity index is 1.56. The zero-order chi connectivity index (χ0) is 21.5. The lowest BCUT2D eigenvalue weighted by Gasteiger charge is -2.09. The lowest BCUT2D eigenvalue weighted by molar-refractivity contribution is -0.124. The van der Waals surface area contributed by atoms with E-state index in [9.17, 15) is 14.0 Å². The van der Waals surface area contributed by atoms with Gasteiger partial charge >= 0.3 is 5.97 Å². The van der Waals surface area contributed by atoms with Crippen LogP contribution in [0.4, 0.5) is 4.39 Å². The second-order valence-electron chi connectivity index (χ2n) is 7.07. The molecule has 0 spiro atoms. The largest absolute Gasteiger partial charge is 0.450 e. The SMILES string of the molecule is CC(C)OCc1c(C(=O)OCC(=O)NCCc2ccc(F)cc2)oc2ccccc12. The van der Waals surface area contributed by atoms with Crippen molar-refractivity contribution in [3.05, 3.63) is 71.2 Å². The van der Waals surface area contributed by atoms with Gasteiger partial charge in [0, 0.05) is 17.5 Å². The van der Waals surface area contributed by atoms with Gasteiger partial charge in [-0.2, -0.15) is 0 Å². The number of benzene rings is 2. The number of esters is 1. The minimum absolute atomic E-state index is 0.0191. The third-order valence-electron chi connectivity index (χ3n) is 4.43. The van der Waals surface area contributed by atoms with Crippen molar-refractivity contribution >= 4 is 22.8 Å². The van der Waals surface area contributed by atoms with Gasteiger partial charge in [0.1, 0.15) is 11.4 Å². The fourth-order valence-corrected chi connectivity index (χ4v) is 2.90. The third-order valence-corrected chi connectivity index (χ3v) is 4.43. The van der Waals surface area contributed by atoms with Crippen molar-refractivity contribution in [3.63, 3.8) is 0 Å². The van der Waals surface area contributed by atoms with Gasteiger partial charge in [0.25, 0.3) is 5.91 Å². The summed E-state index contributed by atoms with van der Waals surface area (Å²) in [5.41, 5.74) is 2.04. The van der Waals surface area contributed by atoms with Crippen LogP contribution in [0.1, 0.15) is 35.5 Å². The van der Waals surface area contributed by atoms with Crippen molar-refractivity contribution in [2.75, 3.05) is 13.2 Å². The molecule has 0 unspecified atom stereocenters. The molecule has 0 saturated heterocycles. The topological polar surface area (TPSA) is 77.8 Å². The molecule has 1 heterocycles. The Kier molecular flexibility index (Phi) is 7.19. The number of furan rings is 1. The molecule has 1 N–H and O–H groups in total. The summed E-state index contributed by atoms with van der Waals surface area (Å²) in [6, 6.07) is 13.3. The Morgan fingerprint density at radius 3 is 2.57 bits per heavy atom. The maximum absolute atomic E-state index is 12.9. The van der Waals surface area contributed by atoms with E-state index in [0.29, 0.717) is 24.1 Å². The molecule has 0 aliphatic heterocycles. The first-order chi connectivity index (χ1) is 14.4. The molecule has 2 aromatic carbocycles. The number of carbonyl (C=O) groups excluding carboxylic acids is 2. The first kappa shape index (κ1) is 21.5. The molecular formula is C23H24FNO5. The average Bonchev–Trinajstić information content (AvgIpc) is 3.10. The number of fused-ring (bicyclic) bond motifs is 1. The first-order valence-corrected chi connectivity index (χ1v) is 9.74. The van der Waals surface area contributed by atoms with Crippen LogP contribution in [0.15, 0.2) is 52.9 Å². The minimum Gasteiger partial charge on any atom is -0.450 e. The molecule has 3 aromatic rings. The quantitative estimate of drug-likeness (QED) is 0.536. The van der Waals surface area contributed by atoms with E-state index in [2.05, 4.69) is 5.32 Å². The summed E-state index contributed by atoms with van der Waals surface area (Å²) in [5, 5.41) is 3.44. The highest BCUT2D eigenvalue weighted by Crippen LogP contribution is 2.27. The molecule has 0 atom stereocenters. The van der Waals surface area contributed by atoms with E-state index in [0.717, 1.165) is 10.9 Å². The number of hydrogen-bond acceptors (Lipinski definition) is 5. The maximum Gasteiger partial charge on any atom is 0.375 e. The Hall–Kier alpha value is -3.19. The molecule has 0 aliphatic carbocycles. The van der Waals surface area contributed by atoms with E-state index < -0.39 is 18.5 Å². The van der Waals surface area contributed by atoms with Crippen molar-refractivity contribution in [1.82, 2.24) is 5.32 Å². The zero-order valence-corrected chi connectivity index (χ0v) is 16.9. The first-order valence-electron chi connectivity index (χ1n) is 9.74. The molecule has 0 saturated carbocycles. The second kappa shape index (κ2) is 10.0. The highest BCUT2D eigenvalue weighted by atomic mass is 19.1. The van der Waals surface area contributed by atoms with Crippen LogP contribution in [0.2, 0.25) is 0 Å². The van der Waals surface area contributed by atoms with Crippen molar-refractivity contribution in [3.8, 4) is 0 Å². The summed E-state index contributed by atoms with van der Waals surface area (Å²) in [7, 11) is 0. The van der Waals surface area contributed by atoms with Gasteiger partial charge in [-0.05, 0) is 44.0 Å². The fraction of sp³-hybridized carbons (Fsp3) is 0.304. The molecule has 158 valence electrons. The summed E-state index contributed by atoms with van der Waals surface area (Å²) in [6.07, 6.45) is 0.523. The maximum atomic E-state index is 12.9. The van der Waals surface area contributed by atoms with Gasteiger partial charge < -0.3 is 19.2 Å². The number of halogens is 1. The highest BCUT2D eigenvalue weighted by Gasteiger charge is 2.23. The van der Waals surface area contributed by atoms with E-state index >= 15 is 0 Å². The second-order valence-corrected chi connectivity index (χ2v) is 7.07. The Morgan fingerprint density at radius 1 is 1.10 bits per heavy atom. The van der Waals surface area contributed by atoms with Crippen LogP contribution in [0.3, 0.4) is 0 Å². The Bertz CT molecular complexity index is 1010. The molecule has 1 aromatic heterocycles. The van der Waals surface area contributed by atoms with Crippen LogP contribution in [-0.2, 0) is 27.3 Å². The van der Waals surface area contributed by atoms with E-state index in [4.69, 9.17) is 13.9 Å². The predicted octanol–water partition coefficient (Wildman–Crippen LogP) is 4.01. The van der Waals surface area contributed by atoms with Crippen molar-refractivity contribution < 1.29 is 27.9 Å². The smallest absolute Gasteiger partial charge is 0.375 e. The van der Waals surface area contributed by atoms with Gasteiger partial charge in [0.2, 0.25) is 5.76 Å². The van der Waals surface area contributed by atoms with Gasteiger partial charge in [-0.25, -0.2) is 9.18 Å². The van der Waals surface area contributed by atoms with E-state index in [-0.39, 0.29) is 24.3 Å². The monoisotopic (exact) mass is 413 g/mol. The molecule has 0 fully saturated rings. The van der Waals surface area contributed by atoms with Crippen molar-refractivity contribution in [2.45, 2.75) is 33.0 Å². The summed E-state index contributed by atoms with van der Waals surface area (Å²) in [6.45, 7) is 3.92. The van der Waals surface area contributed by atoms with E-state index in [1.165, 1.54) is 12.1 Å². The van der Waals surface area contributed by atoms with Crippen LogP contribution in [-0.4, -0.2) is 31.1 Å². The molecule has 3 rings (SSSR count). The number of hydrogen-bond donors (Lipinski definition) is 1. The van der Waals surface area contributed by atoms with Crippen molar-refractivity contribution in [2.24, 2.45) is 0 Å². The van der Waals surface area contributed by atoms with Gasteiger partial charge in [-0.1, -0.05) is 30.3 Å². The normalized spacial score (nSPS) is 11.1. The standard InChI is InChI=1S/C23H24FNO5/c1-15(2)28-13-19-18-5-3-4-6-20(18)30-22(19)23(27)29-14-21(26)25-12-11-16-7-9-17(24)10-8-16/h3-10,15H,11-14H2,1-2H3,(H,25,26). The molecule has 7 heteroatoms. The predicted molar refractivity (Wildman–Crippen MR) is 110 cm³/mol. The molecule has 1 amide bonds. The lowest BCUT2D eigenvalue weighted by atomic mass is 10.1. The molecule has 0 bridgehead atoms. The van der Waals surface area contributed by atoms with E-state index in [1.807, 2.05) is 32.0 Å². The van der Waals surface area contributed by atoms with Crippen LogP contribution in [0.5, 0.6) is 0 Å². The van der Waals surface area contributed by atoms with Crippen LogP contribution >= 0.6 is 0 Å². The van der Waals surface area contributed by atoms with E-state index in [1.54, 1.807) is 18.2 Å². The van der Waals surface area contributed by atoms with Gasteiger partial charge in [0.05, 0.1) is 12.7 Å². The summed E-state index contributed by atoms with van der Waals surface area (Å²) in [4.78, 5) is 24.5. The van der Waals surface area contributed by atoms with Crippen LogP contribution in [0, 0.1) is 5.82 Å². The van der Waals surface area contributed by atoms with Gasteiger partial charge in [0.15, 0.2) is 6.61 Å². The third kappa shape index (κ3) is 5.67. The summed E-state index contributed by atoms with van der Waals surface area (Å²) >= 11 is 0.